The summed E-state index contributed by atoms with van der Waals surface area (Å²) in [5.74, 6) is -1.18. The minimum absolute atomic E-state index is 0.427. The molecule has 0 aliphatic carbocycles. The number of nitrogens with zero attached hydrogens (tertiary/aromatic N) is 3. The first-order valence-electron chi connectivity index (χ1n) is 8.76. The highest BCUT2D eigenvalue weighted by atomic mass is 16.5. The van der Waals surface area contributed by atoms with E-state index in [2.05, 4.69) is 10.1 Å². The molecule has 1 N–H and O–H groups in total. The minimum Gasteiger partial charge on any atom is -0.469 e. The zero-order valence-electron chi connectivity index (χ0n) is 16.0. The Morgan fingerprint density at radius 1 is 1.07 bits per heavy atom. The van der Waals surface area contributed by atoms with Crippen LogP contribution >= 0.6 is 0 Å². The van der Waals surface area contributed by atoms with Crippen molar-refractivity contribution in [3.63, 3.8) is 0 Å². The monoisotopic (exact) mass is 390 g/mol. The highest BCUT2D eigenvalue weighted by molar-refractivity contribution is 6.05. The minimum atomic E-state index is -0.666. The van der Waals surface area contributed by atoms with Gasteiger partial charge in [0.25, 0.3) is 0 Å². The maximum atomic E-state index is 12.2. The average Bonchev–Trinajstić information content (AvgIpc) is 2.70. The van der Waals surface area contributed by atoms with Crippen LogP contribution in [0.4, 0.5) is 11.4 Å². The van der Waals surface area contributed by atoms with Crippen LogP contribution in [0.25, 0.3) is 11.0 Å². The van der Waals surface area contributed by atoms with Crippen LogP contribution in [0.3, 0.4) is 0 Å². The molecule has 2 heterocycles. The van der Waals surface area contributed by atoms with Crippen molar-refractivity contribution in [2.75, 3.05) is 43.6 Å². The van der Waals surface area contributed by atoms with E-state index in [1.165, 1.54) is 30.3 Å². The third-order valence-corrected chi connectivity index (χ3v) is 4.77. The van der Waals surface area contributed by atoms with Gasteiger partial charge in [-0.05, 0) is 12.1 Å². The number of aryl methyl sites for hydroxylation is 2. The third-order valence-electron chi connectivity index (χ3n) is 4.77. The van der Waals surface area contributed by atoms with Gasteiger partial charge in [0.1, 0.15) is 6.42 Å². The van der Waals surface area contributed by atoms with Crippen molar-refractivity contribution in [2.24, 2.45) is 14.1 Å². The van der Waals surface area contributed by atoms with E-state index in [0.29, 0.717) is 48.7 Å². The second-order valence-electron chi connectivity index (χ2n) is 6.49. The van der Waals surface area contributed by atoms with E-state index in [1.54, 1.807) is 12.1 Å². The van der Waals surface area contributed by atoms with Gasteiger partial charge in [-0.25, -0.2) is 0 Å². The summed E-state index contributed by atoms with van der Waals surface area (Å²) in [5, 5.41) is 2.72. The summed E-state index contributed by atoms with van der Waals surface area (Å²) in [6.45, 7) is 2.26. The molecule has 0 saturated carbocycles. The van der Waals surface area contributed by atoms with Crippen LogP contribution in [-0.4, -0.2) is 54.4 Å². The zero-order valence-corrected chi connectivity index (χ0v) is 16.0. The molecule has 28 heavy (non-hydrogen) atoms. The largest absolute Gasteiger partial charge is 0.469 e. The van der Waals surface area contributed by atoms with Crippen molar-refractivity contribution in [1.29, 1.82) is 0 Å². The third kappa shape index (κ3) is 3.63. The van der Waals surface area contributed by atoms with Crippen molar-refractivity contribution < 1.29 is 19.1 Å². The molecule has 0 atom stereocenters. The molecule has 1 aliphatic heterocycles. The number of aromatic nitrogens is 2. The number of anilines is 2. The molecule has 2 aromatic rings. The van der Waals surface area contributed by atoms with E-state index in [-0.39, 0.29) is 0 Å². The highest BCUT2D eigenvalue weighted by Crippen LogP contribution is 2.31. The number of rotatable bonds is 4. The molecule has 3 rings (SSSR count). The van der Waals surface area contributed by atoms with Crippen molar-refractivity contribution in [1.82, 2.24) is 9.13 Å². The number of benzene rings is 1. The first-order valence-corrected chi connectivity index (χ1v) is 8.76. The standard InChI is InChI=1S/C18H22N4O6/c1-20-13-8-11(19-15(23)10-16(24)27-3)12(22-4-6-28-7-5-22)9-14(13)21(2)18(26)17(20)25/h8-9H,4-7,10H2,1-3H3,(H,19,23). The van der Waals surface area contributed by atoms with Crippen molar-refractivity contribution in [2.45, 2.75) is 6.42 Å². The molecular formula is C18H22N4O6. The summed E-state index contributed by atoms with van der Waals surface area (Å²) in [6, 6.07) is 3.39. The SMILES string of the molecule is COC(=O)CC(=O)Nc1cc2c(cc1N1CCOCC1)n(C)c(=O)c(=O)n2C. The number of carbonyl (C=O) groups excluding carboxylic acids is 2. The summed E-state index contributed by atoms with van der Waals surface area (Å²) in [4.78, 5) is 50.0. The molecule has 0 radical (unpaired) electrons. The zero-order chi connectivity index (χ0) is 20.4. The fraction of sp³-hybridized carbons (Fsp3) is 0.444. The van der Waals surface area contributed by atoms with Gasteiger partial charge in [-0.2, -0.15) is 0 Å². The van der Waals surface area contributed by atoms with E-state index in [0.717, 1.165) is 0 Å². The van der Waals surface area contributed by atoms with E-state index < -0.39 is 29.4 Å². The lowest BCUT2D eigenvalue weighted by Gasteiger charge is -2.31. The Balaban J connectivity index is 2.15. The van der Waals surface area contributed by atoms with Crippen molar-refractivity contribution >= 4 is 34.3 Å². The van der Waals surface area contributed by atoms with Crippen LogP contribution in [0.15, 0.2) is 21.7 Å². The fourth-order valence-electron chi connectivity index (χ4n) is 3.17. The second-order valence-corrected chi connectivity index (χ2v) is 6.49. The van der Waals surface area contributed by atoms with Gasteiger partial charge in [-0.1, -0.05) is 0 Å². The van der Waals surface area contributed by atoms with Gasteiger partial charge >= 0.3 is 17.1 Å². The second kappa shape index (κ2) is 7.85. The van der Waals surface area contributed by atoms with Gasteiger partial charge in [-0.3, -0.25) is 19.2 Å². The molecule has 10 heteroatoms. The maximum absolute atomic E-state index is 12.2. The summed E-state index contributed by atoms with van der Waals surface area (Å²) < 4.78 is 12.5. The number of fused-ring (bicyclic) bond motifs is 1. The predicted molar refractivity (Wildman–Crippen MR) is 103 cm³/mol. The molecule has 1 aliphatic rings. The van der Waals surface area contributed by atoms with Gasteiger partial charge in [0, 0.05) is 27.2 Å². The number of carbonyl (C=O) groups is 2. The molecule has 0 unspecified atom stereocenters. The number of esters is 1. The predicted octanol–water partition coefficient (Wildman–Crippen LogP) is -0.425. The summed E-state index contributed by atoms with van der Waals surface area (Å²) in [6.07, 6.45) is -0.427. The van der Waals surface area contributed by atoms with E-state index >= 15 is 0 Å². The van der Waals surface area contributed by atoms with Gasteiger partial charge in [0.15, 0.2) is 0 Å². The van der Waals surface area contributed by atoms with Crippen molar-refractivity contribution in [3.8, 4) is 0 Å². The Morgan fingerprint density at radius 3 is 2.21 bits per heavy atom. The lowest BCUT2D eigenvalue weighted by molar-refractivity contribution is -0.142. The van der Waals surface area contributed by atoms with Crippen LogP contribution in [-0.2, 0) is 33.2 Å². The molecule has 10 nitrogen and oxygen atoms in total. The van der Waals surface area contributed by atoms with Crippen LogP contribution in [0.1, 0.15) is 6.42 Å². The molecule has 0 spiro atoms. The molecule has 1 aromatic carbocycles. The number of hydrogen-bond acceptors (Lipinski definition) is 7. The molecule has 1 saturated heterocycles. The number of hydrogen-bond donors (Lipinski definition) is 1. The van der Waals surface area contributed by atoms with Gasteiger partial charge in [-0.15, -0.1) is 0 Å². The van der Waals surface area contributed by atoms with Crippen molar-refractivity contribution in [3.05, 3.63) is 32.8 Å². The Labute approximate surface area is 160 Å². The molecule has 1 amide bonds. The number of ether oxygens (including phenoxy) is 2. The topological polar surface area (TPSA) is 112 Å². The Kier molecular flexibility index (Phi) is 5.50. The van der Waals surface area contributed by atoms with Crippen LogP contribution in [0, 0.1) is 0 Å². The first-order chi connectivity index (χ1) is 13.3. The Hall–Kier alpha value is -3.14. The molecule has 150 valence electrons. The quantitative estimate of drug-likeness (QED) is 0.428. The summed E-state index contributed by atoms with van der Waals surface area (Å²) in [7, 11) is 4.24. The first kappa shape index (κ1) is 19.6. The number of methoxy groups -OCH3 is 1. The van der Waals surface area contributed by atoms with Gasteiger partial charge in [0.05, 0.1) is 42.7 Å². The maximum Gasteiger partial charge on any atom is 0.316 e. The van der Waals surface area contributed by atoms with Gasteiger partial charge < -0.3 is 28.8 Å². The average molecular weight is 390 g/mol. The molecule has 1 fully saturated rings. The number of morpholine rings is 1. The summed E-state index contributed by atoms with van der Waals surface area (Å²) >= 11 is 0. The molecular weight excluding hydrogens is 368 g/mol. The molecule has 0 bridgehead atoms. The normalized spacial score (nSPS) is 14.2. The van der Waals surface area contributed by atoms with Crippen LogP contribution < -0.4 is 21.3 Å². The van der Waals surface area contributed by atoms with Crippen LogP contribution in [0.5, 0.6) is 0 Å². The number of nitrogens with one attached hydrogen (secondary N) is 1. The van der Waals surface area contributed by atoms with Crippen LogP contribution in [0.2, 0.25) is 0 Å². The smallest absolute Gasteiger partial charge is 0.316 e. The number of amides is 1. The summed E-state index contributed by atoms with van der Waals surface area (Å²) in [5.41, 5.74) is 0.864. The van der Waals surface area contributed by atoms with Gasteiger partial charge in [0.2, 0.25) is 5.91 Å². The highest BCUT2D eigenvalue weighted by Gasteiger charge is 2.20. The lowest BCUT2D eigenvalue weighted by Crippen LogP contribution is -2.40. The van der Waals surface area contributed by atoms with E-state index in [9.17, 15) is 19.2 Å². The Bertz CT molecular complexity index is 1050. The molecule has 1 aromatic heterocycles. The fourth-order valence-corrected chi connectivity index (χ4v) is 3.17. The van der Waals surface area contributed by atoms with E-state index in [1.807, 2.05) is 4.90 Å². The van der Waals surface area contributed by atoms with E-state index in [4.69, 9.17) is 4.74 Å². The lowest BCUT2D eigenvalue weighted by atomic mass is 10.1. The Morgan fingerprint density at radius 2 is 1.64 bits per heavy atom.